The summed E-state index contributed by atoms with van der Waals surface area (Å²) in [7, 11) is 1.45. The van der Waals surface area contributed by atoms with Crippen LogP contribution in [0.2, 0.25) is 6.32 Å². The summed E-state index contributed by atoms with van der Waals surface area (Å²) in [4.78, 5) is 68.8. The van der Waals surface area contributed by atoms with E-state index in [1.807, 2.05) is 12.1 Å². The number of aryl methyl sites for hydroxylation is 2. The Morgan fingerprint density at radius 1 is 0.952 bits per heavy atom. The quantitative estimate of drug-likeness (QED) is 0.168. The smallest absolute Gasteiger partial charge is 0.313 e. The topological polar surface area (TPSA) is 175 Å². The molecule has 3 aromatic carbocycles. The number of phenols is 1. The molecule has 14 heteroatoms. The van der Waals surface area contributed by atoms with Crippen LogP contribution in [0.25, 0.3) is 11.1 Å². The molecule has 1 saturated heterocycles. The number of phenolic OH excluding ortho intramolecular Hbond substituents is 1. The number of hydrogen-bond donors (Lipinski definition) is 5. The molecule has 13 nitrogen and oxygen atoms in total. The third-order valence-corrected chi connectivity index (χ3v) is 14.2. The Labute approximate surface area is 365 Å². The van der Waals surface area contributed by atoms with E-state index in [1.165, 1.54) is 30.0 Å². The standard InChI is InChI=1S/C48H62BN5O8/c1-6-7-9-30-11-13-31(14-12-30)32-15-17-33(18-16-32)44(58)51-27-42(57)54(5)43-35-19-20-39(55)34(22-35)10-8-21-61-28-38(53-41(56)26-50-46(43)60)45(59)52-29-49-25-37-23-36-24-40(47(36,2)3)48(37,4)62-49/h11-20,22,36-38,40,43,55H,6-10,21,23-29H2,1-5H3,(H,50,60)(H,51,58)(H,52,59)(H,53,56)/t36?,37-,38?,40?,43?,48+/m0/s1. The predicted molar refractivity (Wildman–Crippen MR) is 237 cm³/mol. The second-order valence-electron chi connectivity index (χ2n) is 18.5. The van der Waals surface area contributed by atoms with Crippen LogP contribution in [-0.2, 0) is 41.4 Å². The van der Waals surface area contributed by atoms with Crippen molar-refractivity contribution in [3.8, 4) is 16.9 Å². The molecule has 3 aromatic rings. The molecule has 8 rings (SSSR count). The molecule has 5 amide bonds. The third kappa shape index (κ3) is 9.71. The highest BCUT2D eigenvalue weighted by Gasteiger charge is 2.66. The van der Waals surface area contributed by atoms with Crippen LogP contribution in [0.3, 0.4) is 0 Å². The van der Waals surface area contributed by atoms with E-state index in [1.54, 1.807) is 24.3 Å². The van der Waals surface area contributed by atoms with Gasteiger partial charge in [-0.15, -0.1) is 0 Å². The minimum atomic E-state index is -1.21. The SMILES string of the molecule is CCCCc1ccc(-c2ccc(C(=O)NCC(=O)N(C)C3C(=O)NCC(=O)NC(C(=O)NCB4C[C@@H]5CC6CC(C6(C)C)[C@]5(C)O4)COCCCc4cc3ccc4O)cc2)cc1. The molecular weight excluding hydrogens is 785 g/mol. The second kappa shape index (κ2) is 19.0. The summed E-state index contributed by atoms with van der Waals surface area (Å²) >= 11 is 0. The van der Waals surface area contributed by atoms with Crippen LogP contribution >= 0.6 is 0 Å². The first kappa shape index (κ1) is 44.8. The highest BCUT2D eigenvalue weighted by Crippen LogP contribution is 2.68. The number of hydrogen-bond acceptors (Lipinski definition) is 8. The van der Waals surface area contributed by atoms with E-state index < -0.39 is 54.7 Å². The normalized spacial score (nSPS) is 25.8. The van der Waals surface area contributed by atoms with Crippen molar-refractivity contribution in [2.75, 3.05) is 39.8 Å². The summed E-state index contributed by atoms with van der Waals surface area (Å²) in [6.07, 6.45) is 7.67. The molecule has 3 aliphatic carbocycles. The number of benzene rings is 3. The Bertz CT molecular complexity index is 2130. The van der Waals surface area contributed by atoms with E-state index in [2.05, 4.69) is 73.2 Å². The first-order chi connectivity index (χ1) is 29.7. The van der Waals surface area contributed by atoms with Gasteiger partial charge in [0.05, 0.1) is 25.3 Å². The fourth-order valence-corrected chi connectivity index (χ4v) is 10.3. The molecule has 4 bridgehead atoms. The maximum Gasteiger partial charge on any atom is 0.313 e. The van der Waals surface area contributed by atoms with Gasteiger partial charge in [0.2, 0.25) is 23.6 Å². The fraction of sp³-hybridized carbons (Fsp3) is 0.521. The van der Waals surface area contributed by atoms with Gasteiger partial charge in [0.15, 0.2) is 0 Å². The zero-order valence-corrected chi connectivity index (χ0v) is 36.8. The number of ether oxygens (including phenoxy) is 1. The lowest BCUT2D eigenvalue weighted by Gasteiger charge is -2.65. The van der Waals surface area contributed by atoms with Crippen molar-refractivity contribution < 1.29 is 38.5 Å². The van der Waals surface area contributed by atoms with Crippen molar-refractivity contribution in [2.45, 2.75) is 96.6 Å². The molecule has 5 aliphatic rings. The number of carbonyl (C=O) groups is 5. The maximum atomic E-state index is 13.9. The van der Waals surface area contributed by atoms with E-state index >= 15 is 0 Å². The molecule has 0 radical (unpaired) electrons. The van der Waals surface area contributed by atoms with Gasteiger partial charge in [-0.1, -0.05) is 69.7 Å². The number of carbonyl (C=O) groups excluding carboxylic acids is 5. The van der Waals surface area contributed by atoms with Crippen molar-refractivity contribution in [1.82, 2.24) is 26.2 Å². The van der Waals surface area contributed by atoms with Crippen molar-refractivity contribution in [1.29, 1.82) is 0 Å². The zero-order valence-electron chi connectivity index (χ0n) is 36.8. The minimum absolute atomic E-state index is 0.0196. The van der Waals surface area contributed by atoms with Crippen LogP contribution in [0, 0.1) is 23.2 Å². The Hall–Kier alpha value is -5.21. The van der Waals surface area contributed by atoms with E-state index in [0.717, 1.165) is 43.1 Å². The highest BCUT2D eigenvalue weighted by molar-refractivity contribution is 6.53. The van der Waals surface area contributed by atoms with Crippen LogP contribution < -0.4 is 21.3 Å². The van der Waals surface area contributed by atoms with E-state index in [-0.39, 0.29) is 36.9 Å². The number of likely N-dealkylation sites (N-methyl/N-ethyl adjacent to an activating group) is 1. The first-order valence-electron chi connectivity index (χ1n) is 22.3. The van der Waals surface area contributed by atoms with E-state index in [9.17, 15) is 29.1 Å². The number of amides is 5. The molecule has 5 N–H and O–H groups in total. The molecule has 330 valence electrons. The average molecular weight is 848 g/mol. The minimum Gasteiger partial charge on any atom is -0.508 e. The Morgan fingerprint density at radius 3 is 2.39 bits per heavy atom. The average Bonchev–Trinajstić information content (AvgIpc) is 3.62. The maximum absolute atomic E-state index is 13.9. The van der Waals surface area contributed by atoms with Crippen LogP contribution in [0.15, 0.2) is 66.7 Å². The fourth-order valence-electron chi connectivity index (χ4n) is 10.3. The molecule has 2 heterocycles. The van der Waals surface area contributed by atoms with Gasteiger partial charge >= 0.3 is 6.92 Å². The molecular formula is C48H62BN5O8. The van der Waals surface area contributed by atoms with E-state index in [0.29, 0.717) is 53.7 Å². The summed E-state index contributed by atoms with van der Waals surface area (Å²) in [5.41, 5.74) is 4.65. The number of nitrogens with one attached hydrogen (secondary N) is 4. The molecule has 6 atom stereocenters. The lowest BCUT2D eigenvalue weighted by atomic mass is 9.41. The van der Waals surface area contributed by atoms with Crippen molar-refractivity contribution in [3.05, 3.63) is 89.0 Å². The molecule has 62 heavy (non-hydrogen) atoms. The highest BCUT2D eigenvalue weighted by atomic mass is 16.5. The number of unbranched alkanes of at least 4 members (excludes halogenated alkanes) is 1. The van der Waals surface area contributed by atoms with Crippen molar-refractivity contribution >= 4 is 36.5 Å². The first-order valence-corrected chi connectivity index (χ1v) is 22.3. The van der Waals surface area contributed by atoms with Gasteiger partial charge in [0.25, 0.3) is 5.91 Å². The van der Waals surface area contributed by atoms with Gasteiger partial charge in [-0.3, -0.25) is 24.0 Å². The van der Waals surface area contributed by atoms with Crippen LogP contribution in [0.4, 0.5) is 0 Å². The van der Waals surface area contributed by atoms with Crippen molar-refractivity contribution in [3.63, 3.8) is 0 Å². The Morgan fingerprint density at radius 2 is 1.68 bits per heavy atom. The summed E-state index contributed by atoms with van der Waals surface area (Å²) in [6.45, 7) is 8.20. The second-order valence-corrected chi connectivity index (χ2v) is 18.5. The van der Waals surface area contributed by atoms with Crippen LogP contribution in [-0.4, -0.2) is 97.9 Å². The van der Waals surface area contributed by atoms with Crippen LogP contribution in [0.1, 0.15) is 92.9 Å². The summed E-state index contributed by atoms with van der Waals surface area (Å²) in [5, 5.41) is 21.7. The lowest BCUT2D eigenvalue weighted by molar-refractivity contribution is -0.197. The van der Waals surface area contributed by atoms with Gasteiger partial charge in [0, 0.05) is 25.7 Å². The van der Waals surface area contributed by atoms with E-state index in [4.69, 9.17) is 9.39 Å². The van der Waals surface area contributed by atoms with Crippen molar-refractivity contribution in [2.24, 2.45) is 23.2 Å². The number of rotatable bonds is 11. The van der Waals surface area contributed by atoms with Gasteiger partial charge in [0.1, 0.15) is 17.8 Å². The monoisotopic (exact) mass is 847 g/mol. The number of fused-ring (bicyclic) bond motifs is 2. The van der Waals surface area contributed by atoms with Gasteiger partial charge in [-0.2, -0.15) is 0 Å². The van der Waals surface area contributed by atoms with Gasteiger partial charge < -0.3 is 40.7 Å². The molecule has 4 fully saturated rings. The summed E-state index contributed by atoms with van der Waals surface area (Å²) in [5.74, 6) is -1.02. The molecule has 0 aromatic heterocycles. The zero-order chi connectivity index (χ0) is 44.2. The van der Waals surface area contributed by atoms with Gasteiger partial charge in [-0.25, -0.2) is 0 Å². The predicted octanol–water partition coefficient (Wildman–Crippen LogP) is 5.01. The summed E-state index contributed by atoms with van der Waals surface area (Å²) in [6, 6.07) is 18.0. The Balaban J connectivity index is 0.962. The summed E-state index contributed by atoms with van der Waals surface area (Å²) < 4.78 is 12.5. The van der Waals surface area contributed by atoms with Gasteiger partial charge in [-0.05, 0) is 127 Å². The van der Waals surface area contributed by atoms with Crippen LogP contribution in [0.5, 0.6) is 5.75 Å². The molecule has 3 saturated carbocycles. The molecule has 0 spiro atoms. The number of aromatic hydroxyl groups is 1. The molecule has 2 aliphatic heterocycles. The molecule has 4 unspecified atom stereocenters. The third-order valence-electron chi connectivity index (χ3n) is 14.2. The Kier molecular flexibility index (Phi) is 13.8. The number of nitrogens with zero attached hydrogens (tertiary/aromatic N) is 1. The lowest BCUT2D eigenvalue weighted by Crippen LogP contribution is -2.63. The largest absolute Gasteiger partial charge is 0.508 e.